The van der Waals surface area contributed by atoms with Gasteiger partial charge in [0, 0.05) is 36.8 Å². The predicted octanol–water partition coefficient (Wildman–Crippen LogP) is 1.64. The molecule has 2 heterocycles. The van der Waals surface area contributed by atoms with Crippen molar-refractivity contribution < 1.29 is 5.11 Å². The average Bonchev–Trinajstić information content (AvgIpc) is 2.26. The predicted molar refractivity (Wildman–Crippen MR) is 76.4 cm³/mol. The zero-order valence-electron chi connectivity index (χ0n) is 12.5. The smallest absolute Gasteiger partial charge is 0.257 e. The van der Waals surface area contributed by atoms with E-state index in [0.29, 0.717) is 5.56 Å². The van der Waals surface area contributed by atoms with Gasteiger partial charge in [0.2, 0.25) is 0 Å². The van der Waals surface area contributed by atoms with Crippen LogP contribution in [0.4, 0.5) is 0 Å². The number of nitrogens with zero attached hydrogens (tertiary/aromatic N) is 2. The lowest BCUT2D eigenvalue weighted by Gasteiger charge is -2.31. The Morgan fingerprint density at radius 1 is 1.37 bits per heavy atom. The van der Waals surface area contributed by atoms with Crippen LogP contribution in [0.1, 0.15) is 50.6 Å². The maximum Gasteiger partial charge on any atom is 0.257 e. The van der Waals surface area contributed by atoms with Crippen LogP contribution in [-0.4, -0.2) is 28.2 Å². The number of aliphatic hydroxyl groups is 1. The molecule has 0 amide bonds. The van der Waals surface area contributed by atoms with Gasteiger partial charge in [0.15, 0.2) is 0 Å². The molecule has 0 fully saturated rings. The van der Waals surface area contributed by atoms with Crippen molar-refractivity contribution in [3.63, 3.8) is 0 Å². The minimum atomic E-state index is -1.10. The molecule has 0 atom stereocenters. The van der Waals surface area contributed by atoms with Crippen molar-refractivity contribution >= 4 is 0 Å². The molecule has 1 aromatic heterocycles. The summed E-state index contributed by atoms with van der Waals surface area (Å²) in [4.78, 5) is 14.8. The van der Waals surface area contributed by atoms with E-state index >= 15 is 0 Å². The molecule has 1 aliphatic heterocycles. The fourth-order valence-electron chi connectivity index (χ4n) is 2.80. The third-order valence-electron chi connectivity index (χ3n) is 3.78. The SMILES string of the molecule is CC(C)n1c2c(cc(C(C)(C)O)c1=O)CN(C)CC2. The molecule has 1 aliphatic rings. The Labute approximate surface area is 114 Å². The fraction of sp³-hybridized carbons (Fsp3) is 0.667. The lowest BCUT2D eigenvalue weighted by atomic mass is 9.94. The molecule has 1 aromatic rings. The number of hydrogen-bond donors (Lipinski definition) is 1. The molecule has 1 N–H and O–H groups in total. The summed E-state index contributed by atoms with van der Waals surface area (Å²) in [5.41, 5.74) is 1.64. The quantitative estimate of drug-likeness (QED) is 0.883. The number of rotatable bonds is 2. The second-order valence-electron chi connectivity index (χ2n) is 6.35. The Hall–Kier alpha value is -1.13. The van der Waals surface area contributed by atoms with Gasteiger partial charge in [0.05, 0.1) is 5.60 Å². The van der Waals surface area contributed by atoms with E-state index in [2.05, 4.69) is 11.9 Å². The maximum absolute atomic E-state index is 12.6. The first-order chi connectivity index (χ1) is 8.71. The van der Waals surface area contributed by atoms with E-state index in [0.717, 1.165) is 25.2 Å². The van der Waals surface area contributed by atoms with E-state index in [1.165, 1.54) is 5.56 Å². The summed E-state index contributed by atoms with van der Waals surface area (Å²) < 4.78 is 1.86. The van der Waals surface area contributed by atoms with Crippen LogP contribution in [0.5, 0.6) is 0 Å². The van der Waals surface area contributed by atoms with Crippen LogP contribution in [0.15, 0.2) is 10.9 Å². The summed E-state index contributed by atoms with van der Waals surface area (Å²) in [5.74, 6) is 0. The van der Waals surface area contributed by atoms with Crippen LogP contribution in [-0.2, 0) is 18.6 Å². The van der Waals surface area contributed by atoms with Gasteiger partial charge in [0.1, 0.15) is 0 Å². The highest BCUT2D eigenvalue weighted by atomic mass is 16.3. The molecule has 0 saturated heterocycles. The largest absolute Gasteiger partial charge is 0.386 e. The highest BCUT2D eigenvalue weighted by Crippen LogP contribution is 2.24. The van der Waals surface area contributed by atoms with Crippen LogP contribution in [0.2, 0.25) is 0 Å². The summed E-state index contributed by atoms with van der Waals surface area (Å²) in [6.45, 7) is 9.20. The average molecular weight is 264 g/mol. The van der Waals surface area contributed by atoms with Gasteiger partial charge in [-0.05, 0) is 46.4 Å². The zero-order chi connectivity index (χ0) is 14.4. The van der Waals surface area contributed by atoms with Gasteiger partial charge >= 0.3 is 0 Å². The topological polar surface area (TPSA) is 45.5 Å². The van der Waals surface area contributed by atoms with Crippen molar-refractivity contribution in [1.82, 2.24) is 9.47 Å². The Balaban J connectivity index is 2.72. The second kappa shape index (κ2) is 4.76. The summed E-state index contributed by atoms with van der Waals surface area (Å²) in [7, 11) is 2.08. The number of hydrogen-bond acceptors (Lipinski definition) is 3. The van der Waals surface area contributed by atoms with E-state index in [1.54, 1.807) is 13.8 Å². The molecule has 0 radical (unpaired) electrons. The molecule has 0 unspecified atom stereocenters. The minimum absolute atomic E-state index is 0.0502. The Kier molecular flexibility index (Phi) is 3.58. The normalized spacial score (nSPS) is 16.8. The minimum Gasteiger partial charge on any atom is -0.386 e. The van der Waals surface area contributed by atoms with Crippen molar-refractivity contribution in [2.24, 2.45) is 0 Å². The van der Waals surface area contributed by atoms with E-state index in [-0.39, 0.29) is 11.6 Å². The molecule has 0 spiro atoms. The van der Waals surface area contributed by atoms with Crippen LogP contribution in [0, 0.1) is 0 Å². The number of fused-ring (bicyclic) bond motifs is 1. The van der Waals surface area contributed by atoms with Crippen LogP contribution < -0.4 is 5.56 Å². The molecule has 4 heteroatoms. The van der Waals surface area contributed by atoms with Gasteiger partial charge < -0.3 is 14.6 Å². The third-order valence-corrected chi connectivity index (χ3v) is 3.78. The van der Waals surface area contributed by atoms with Gasteiger partial charge in [-0.25, -0.2) is 0 Å². The molecular weight excluding hydrogens is 240 g/mol. The molecule has 0 aliphatic carbocycles. The van der Waals surface area contributed by atoms with Crippen LogP contribution in [0.25, 0.3) is 0 Å². The van der Waals surface area contributed by atoms with E-state index in [4.69, 9.17) is 0 Å². The number of likely N-dealkylation sites (N-methyl/N-ethyl adjacent to an activating group) is 1. The van der Waals surface area contributed by atoms with E-state index in [1.807, 2.05) is 24.5 Å². The van der Waals surface area contributed by atoms with Gasteiger partial charge in [-0.3, -0.25) is 4.79 Å². The van der Waals surface area contributed by atoms with E-state index < -0.39 is 5.60 Å². The first-order valence-corrected chi connectivity index (χ1v) is 6.90. The van der Waals surface area contributed by atoms with Gasteiger partial charge in [0.25, 0.3) is 5.56 Å². The van der Waals surface area contributed by atoms with Gasteiger partial charge in [-0.2, -0.15) is 0 Å². The lowest BCUT2D eigenvalue weighted by molar-refractivity contribution is 0.0759. The van der Waals surface area contributed by atoms with E-state index in [9.17, 15) is 9.90 Å². The van der Waals surface area contributed by atoms with Gasteiger partial charge in [-0.15, -0.1) is 0 Å². The maximum atomic E-state index is 12.6. The Morgan fingerprint density at radius 2 is 2.00 bits per heavy atom. The van der Waals surface area contributed by atoms with Crippen molar-refractivity contribution in [2.45, 2.75) is 52.3 Å². The summed E-state index contributed by atoms with van der Waals surface area (Å²) in [6, 6.07) is 2.01. The third kappa shape index (κ3) is 2.60. The lowest BCUT2D eigenvalue weighted by Crippen LogP contribution is -2.39. The molecule has 0 aromatic carbocycles. The molecule has 19 heavy (non-hydrogen) atoms. The Morgan fingerprint density at radius 3 is 2.53 bits per heavy atom. The molecule has 2 rings (SSSR count). The summed E-state index contributed by atoms with van der Waals surface area (Å²) >= 11 is 0. The number of pyridine rings is 1. The summed E-state index contributed by atoms with van der Waals surface area (Å²) in [5, 5.41) is 10.2. The van der Waals surface area contributed by atoms with Gasteiger partial charge in [-0.1, -0.05) is 0 Å². The highest BCUT2D eigenvalue weighted by Gasteiger charge is 2.27. The highest BCUT2D eigenvalue weighted by molar-refractivity contribution is 5.32. The molecule has 0 saturated carbocycles. The number of aromatic nitrogens is 1. The van der Waals surface area contributed by atoms with Crippen molar-refractivity contribution in [3.8, 4) is 0 Å². The Bertz CT molecular complexity index is 538. The monoisotopic (exact) mass is 264 g/mol. The zero-order valence-corrected chi connectivity index (χ0v) is 12.5. The first-order valence-electron chi connectivity index (χ1n) is 6.90. The van der Waals surface area contributed by atoms with Crippen LogP contribution >= 0.6 is 0 Å². The van der Waals surface area contributed by atoms with Crippen molar-refractivity contribution in [1.29, 1.82) is 0 Å². The molecule has 4 nitrogen and oxygen atoms in total. The van der Waals surface area contributed by atoms with Crippen molar-refractivity contribution in [2.75, 3.05) is 13.6 Å². The molecular formula is C15H24N2O2. The fourth-order valence-corrected chi connectivity index (χ4v) is 2.80. The molecule has 0 bridgehead atoms. The van der Waals surface area contributed by atoms with Crippen LogP contribution in [0.3, 0.4) is 0 Å². The standard InChI is InChI=1S/C15H24N2O2/c1-10(2)17-13-6-7-16(5)9-11(13)8-12(14(17)18)15(3,4)19/h8,10,19H,6-7,9H2,1-5H3. The molecule has 106 valence electrons. The second-order valence-corrected chi connectivity index (χ2v) is 6.35. The summed E-state index contributed by atoms with van der Waals surface area (Å²) in [6.07, 6.45) is 0.894. The van der Waals surface area contributed by atoms with Crippen molar-refractivity contribution in [3.05, 3.63) is 33.2 Å². The first kappa shape index (κ1) is 14.3.